The van der Waals surface area contributed by atoms with Crippen LogP contribution in [0.15, 0.2) is 24.3 Å². The number of ether oxygens (including phenoxy) is 2. The van der Waals surface area contributed by atoms with Gasteiger partial charge < -0.3 is 14.6 Å². The van der Waals surface area contributed by atoms with Crippen molar-refractivity contribution in [2.45, 2.75) is 58.2 Å². The molecule has 1 aromatic rings. The number of hydrogen-bond acceptors (Lipinski definition) is 3. The molecule has 3 nitrogen and oxygen atoms in total. The van der Waals surface area contributed by atoms with Crippen molar-refractivity contribution in [3.8, 4) is 11.5 Å². The van der Waals surface area contributed by atoms with Crippen LogP contribution in [-0.4, -0.2) is 23.9 Å². The van der Waals surface area contributed by atoms with Gasteiger partial charge >= 0.3 is 0 Å². The molecule has 112 valence electrons. The van der Waals surface area contributed by atoms with Crippen molar-refractivity contribution in [2.24, 2.45) is 5.92 Å². The summed E-state index contributed by atoms with van der Waals surface area (Å²) in [6.07, 6.45) is 4.52. The van der Waals surface area contributed by atoms with E-state index in [1.54, 1.807) is 0 Å². The molecule has 0 aliphatic heterocycles. The summed E-state index contributed by atoms with van der Waals surface area (Å²) in [5, 5.41) is 10.1. The van der Waals surface area contributed by atoms with E-state index in [9.17, 15) is 5.11 Å². The number of benzene rings is 1. The summed E-state index contributed by atoms with van der Waals surface area (Å²) in [5.41, 5.74) is 0. The summed E-state index contributed by atoms with van der Waals surface area (Å²) in [5.74, 6) is 2.19. The van der Waals surface area contributed by atoms with E-state index in [1.807, 2.05) is 24.3 Å². The first-order chi connectivity index (χ1) is 9.74. The molecule has 1 aliphatic rings. The fraction of sp³-hybridized carbons (Fsp3) is 0.647. The van der Waals surface area contributed by atoms with Gasteiger partial charge in [0.05, 0.1) is 12.7 Å². The van der Waals surface area contributed by atoms with Crippen molar-refractivity contribution < 1.29 is 14.6 Å². The van der Waals surface area contributed by atoms with Gasteiger partial charge in [0.2, 0.25) is 0 Å². The zero-order chi connectivity index (χ0) is 14.4. The number of rotatable bonds is 6. The van der Waals surface area contributed by atoms with Crippen molar-refractivity contribution in [1.82, 2.24) is 0 Å². The van der Waals surface area contributed by atoms with Crippen LogP contribution in [0.4, 0.5) is 0 Å². The Hall–Kier alpha value is -1.22. The molecule has 2 rings (SSSR count). The van der Waals surface area contributed by atoms with Crippen molar-refractivity contribution in [1.29, 1.82) is 0 Å². The van der Waals surface area contributed by atoms with Crippen molar-refractivity contribution in [3.63, 3.8) is 0 Å². The van der Waals surface area contributed by atoms with Crippen LogP contribution in [0.2, 0.25) is 0 Å². The number of aliphatic hydroxyl groups is 1. The molecule has 3 atom stereocenters. The fourth-order valence-corrected chi connectivity index (χ4v) is 2.74. The lowest BCUT2D eigenvalue weighted by atomic mass is 9.84. The Morgan fingerprint density at radius 3 is 2.60 bits per heavy atom. The van der Waals surface area contributed by atoms with E-state index < -0.39 is 0 Å². The molecule has 20 heavy (non-hydrogen) atoms. The first-order valence-corrected chi connectivity index (χ1v) is 7.81. The minimum atomic E-state index is -0.364. The molecule has 0 bridgehead atoms. The molecule has 1 fully saturated rings. The topological polar surface area (TPSA) is 38.7 Å². The summed E-state index contributed by atoms with van der Waals surface area (Å²) in [4.78, 5) is 0. The Balaban J connectivity index is 2.04. The molecule has 0 radical (unpaired) electrons. The van der Waals surface area contributed by atoms with Crippen LogP contribution in [-0.2, 0) is 0 Å². The molecule has 1 aliphatic carbocycles. The van der Waals surface area contributed by atoms with Crippen LogP contribution in [0.3, 0.4) is 0 Å². The maximum absolute atomic E-state index is 10.1. The summed E-state index contributed by atoms with van der Waals surface area (Å²) in [6, 6.07) is 7.75. The number of para-hydroxylation sites is 2. The Morgan fingerprint density at radius 2 is 1.90 bits per heavy atom. The van der Waals surface area contributed by atoms with E-state index >= 15 is 0 Å². The SMILES string of the molecule is CCCOc1ccccc1OC1CC(CC)CCC1O. The van der Waals surface area contributed by atoms with E-state index in [0.717, 1.165) is 43.6 Å². The van der Waals surface area contributed by atoms with Gasteiger partial charge in [-0.25, -0.2) is 0 Å². The summed E-state index contributed by atoms with van der Waals surface area (Å²) >= 11 is 0. The summed E-state index contributed by atoms with van der Waals surface area (Å²) < 4.78 is 11.8. The zero-order valence-corrected chi connectivity index (χ0v) is 12.5. The van der Waals surface area contributed by atoms with Gasteiger partial charge in [-0.2, -0.15) is 0 Å². The van der Waals surface area contributed by atoms with Crippen molar-refractivity contribution in [2.75, 3.05) is 6.61 Å². The van der Waals surface area contributed by atoms with E-state index in [1.165, 1.54) is 0 Å². The Labute approximate surface area is 121 Å². The van der Waals surface area contributed by atoms with E-state index in [4.69, 9.17) is 9.47 Å². The normalized spacial score (nSPS) is 26.2. The second-order valence-electron chi connectivity index (χ2n) is 5.61. The van der Waals surface area contributed by atoms with Crippen LogP contribution in [0, 0.1) is 5.92 Å². The Bertz CT molecular complexity index is 405. The quantitative estimate of drug-likeness (QED) is 0.860. The van der Waals surface area contributed by atoms with E-state index in [-0.39, 0.29) is 12.2 Å². The number of hydrogen-bond donors (Lipinski definition) is 1. The molecular formula is C17H26O3. The van der Waals surface area contributed by atoms with Gasteiger partial charge in [0.1, 0.15) is 6.10 Å². The molecule has 0 spiro atoms. The molecule has 1 aromatic carbocycles. The van der Waals surface area contributed by atoms with E-state index in [0.29, 0.717) is 12.5 Å². The third-order valence-electron chi connectivity index (χ3n) is 4.03. The standard InChI is InChI=1S/C17H26O3/c1-3-11-19-15-7-5-6-8-16(15)20-17-12-13(4-2)9-10-14(17)18/h5-8,13-14,17-18H,3-4,9-12H2,1-2H3. The predicted octanol–water partition coefficient (Wildman–Crippen LogP) is 3.79. The van der Waals surface area contributed by atoms with Gasteiger partial charge in [0, 0.05) is 0 Å². The molecule has 0 aromatic heterocycles. The average molecular weight is 278 g/mol. The van der Waals surface area contributed by atoms with Crippen LogP contribution in [0.5, 0.6) is 11.5 Å². The fourth-order valence-electron chi connectivity index (χ4n) is 2.74. The van der Waals surface area contributed by atoms with Gasteiger partial charge in [0.15, 0.2) is 11.5 Å². The second-order valence-corrected chi connectivity index (χ2v) is 5.61. The predicted molar refractivity (Wildman–Crippen MR) is 80.3 cm³/mol. The van der Waals surface area contributed by atoms with E-state index in [2.05, 4.69) is 13.8 Å². The molecular weight excluding hydrogens is 252 g/mol. The van der Waals surface area contributed by atoms with Gasteiger partial charge in [-0.15, -0.1) is 0 Å². The Morgan fingerprint density at radius 1 is 1.15 bits per heavy atom. The van der Waals surface area contributed by atoms with Gasteiger partial charge in [-0.3, -0.25) is 0 Å². The lowest BCUT2D eigenvalue weighted by Crippen LogP contribution is -2.38. The smallest absolute Gasteiger partial charge is 0.161 e. The van der Waals surface area contributed by atoms with Crippen LogP contribution in [0.1, 0.15) is 46.0 Å². The van der Waals surface area contributed by atoms with Crippen molar-refractivity contribution in [3.05, 3.63) is 24.3 Å². The summed E-state index contributed by atoms with van der Waals surface area (Å²) in [6.45, 7) is 4.98. The van der Waals surface area contributed by atoms with Gasteiger partial charge in [-0.1, -0.05) is 32.4 Å². The molecule has 1 N–H and O–H groups in total. The highest BCUT2D eigenvalue weighted by atomic mass is 16.5. The third-order valence-corrected chi connectivity index (χ3v) is 4.03. The van der Waals surface area contributed by atoms with Gasteiger partial charge in [0.25, 0.3) is 0 Å². The molecule has 3 heteroatoms. The van der Waals surface area contributed by atoms with Gasteiger partial charge in [-0.05, 0) is 43.7 Å². The molecule has 0 amide bonds. The largest absolute Gasteiger partial charge is 0.490 e. The maximum Gasteiger partial charge on any atom is 0.161 e. The highest BCUT2D eigenvalue weighted by molar-refractivity contribution is 5.39. The highest BCUT2D eigenvalue weighted by Gasteiger charge is 2.30. The zero-order valence-electron chi connectivity index (χ0n) is 12.5. The monoisotopic (exact) mass is 278 g/mol. The molecule has 0 heterocycles. The highest BCUT2D eigenvalue weighted by Crippen LogP contribution is 2.33. The van der Waals surface area contributed by atoms with Crippen LogP contribution in [0.25, 0.3) is 0 Å². The minimum absolute atomic E-state index is 0.111. The van der Waals surface area contributed by atoms with Crippen LogP contribution < -0.4 is 9.47 Å². The second kappa shape index (κ2) is 7.53. The maximum atomic E-state index is 10.1. The average Bonchev–Trinajstić information content (AvgIpc) is 2.48. The molecule has 0 saturated heterocycles. The lowest BCUT2D eigenvalue weighted by Gasteiger charge is -2.33. The minimum Gasteiger partial charge on any atom is -0.490 e. The Kier molecular flexibility index (Phi) is 5.72. The summed E-state index contributed by atoms with van der Waals surface area (Å²) in [7, 11) is 0. The molecule has 1 saturated carbocycles. The first-order valence-electron chi connectivity index (χ1n) is 7.81. The van der Waals surface area contributed by atoms with Crippen LogP contribution >= 0.6 is 0 Å². The van der Waals surface area contributed by atoms with Crippen molar-refractivity contribution >= 4 is 0 Å². The lowest BCUT2D eigenvalue weighted by molar-refractivity contribution is -0.0121. The molecule has 3 unspecified atom stereocenters. The third kappa shape index (κ3) is 3.89. The first kappa shape index (κ1) is 15.2. The number of aliphatic hydroxyl groups excluding tert-OH is 1.